The van der Waals surface area contributed by atoms with Crippen LogP contribution in [-0.2, 0) is 0 Å². The van der Waals surface area contributed by atoms with E-state index in [0.29, 0.717) is 12.1 Å². The maximum atomic E-state index is 12.2. The number of aromatic nitrogens is 2. The van der Waals surface area contributed by atoms with Crippen molar-refractivity contribution in [3.63, 3.8) is 0 Å². The summed E-state index contributed by atoms with van der Waals surface area (Å²) in [7, 11) is 0. The topological polar surface area (TPSA) is 46.9 Å². The molecule has 0 aliphatic rings. The number of imidazole rings is 1. The summed E-state index contributed by atoms with van der Waals surface area (Å²) < 4.78 is 2.07. The Morgan fingerprint density at radius 2 is 2.00 bits per heavy atom. The lowest BCUT2D eigenvalue weighted by Crippen LogP contribution is -2.24. The number of aryl methyl sites for hydroxylation is 2. The first-order valence-corrected chi connectivity index (χ1v) is 8.43. The number of nitrogens with zero attached hydrogens (tertiary/aromatic N) is 2. The molecule has 0 atom stereocenters. The monoisotopic (exact) mass is 321 g/mol. The van der Waals surface area contributed by atoms with E-state index in [-0.39, 0.29) is 5.91 Å². The molecule has 0 fully saturated rings. The van der Waals surface area contributed by atoms with Crippen molar-refractivity contribution in [1.29, 1.82) is 0 Å². The van der Waals surface area contributed by atoms with Crippen molar-refractivity contribution in [2.75, 3.05) is 6.54 Å². The van der Waals surface area contributed by atoms with Gasteiger partial charge in [0, 0.05) is 12.1 Å². The molecule has 4 heteroatoms. The van der Waals surface area contributed by atoms with Gasteiger partial charge in [0.15, 0.2) is 0 Å². The second-order valence-corrected chi connectivity index (χ2v) is 6.22. The second-order valence-electron chi connectivity index (χ2n) is 6.22. The van der Waals surface area contributed by atoms with Crippen molar-refractivity contribution < 1.29 is 4.79 Å². The lowest BCUT2D eigenvalue weighted by atomic mass is 10.1. The molecular formula is C20H23N3O. The summed E-state index contributed by atoms with van der Waals surface area (Å²) in [5.74, 6) is -0.0357. The fourth-order valence-electron chi connectivity index (χ4n) is 2.90. The molecule has 1 amide bonds. The van der Waals surface area contributed by atoms with Crippen LogP contribution in [0, 0.1) is 13.8 Å². The van der Waals surface area contributed by atoms with Gasteiger partial charge in [0.1, 0.15) is 6.33 Å². The molecule has 0 saturated carbocycles. The van der Waals surface area contributed by atoms with E-state index in [2.05, 4.69) is 53.8 Å². The third kappa shape index (κ3) is 3.18. The summed E-state index contributed by atoms with van der Waals surface area (Å²) in [6, 6.07) is 12.1. The van der Waals surface area contributed by atoms with Gasteiger partial charge in [-0.2, -0.15) is 0 Å². The minimum atomic E-state index is -0.0357. The molecule has 0 spiro atoms. The average molecular weight is 321 g/mol. The summed E-state index contributed by atoms with van der Waals surface area (Å²) in [6.07, 6.45) is 3.88. The van der Waals surface area contributed by atoms with Crippen LogP contribution in [0.25, 0.3) is 16.7 Å². The van der Waals surface area contributed by atoms with Gasteiger partial charge in [0.25, 0.3) is 5.91 Å². The van der Waals surface area contributed by atoms with Gasteiger partial charge in [-0.1, -0.05) is 31.0 Å². The second kappa shape index (κ2) is 6.87. The number of hydrogen-bond acceptors (Lipinski definition) is 2. The van der Waals surface area contributed by atoms with E-state index in [4.69, 9.17) is 0 Å². The predicted octanol–water partition coefficient (Wildman–Crippen LogP) is 4.17. The van der Waals surface area contributed by atoms with E-state index in [0.717, 1.165) is 29.6 Å². The molecule has 0 aliphatic heterocycles. The van der Waals surface area contributed by atoms with Gasteiger partial charge < -0.3 is 5.32 Å². The minimum absolute atomic E-state index is 0.0357. The van der Waals surface area contributed by atoms with Crippen molar-refractivity contribution in [3.8, 4) is 5.69 Å². The lowest BCUT2D eigenvalue weighted by molar-refractivity contribution is 0.0953. The molecule has 0 radical (unpaired) electrons. The predicted molar refractivity (Wildman–Crippen MR) is 97.8 cm³/mol. The highest BCUT2D eigenvalue weighted by Gasteiger charge is 2.11. The maximum Gasteiger partial charge on any atom is 0.251 e. The number of amides is 1. The van der Waals surface area contributed by atoms with Gasteiger partial charge in [0.05, 0.1) is 16.7 Å². The van der Waals surface area contributed by atoms with Gasteiger partial charge in [-0.05, 0) is 50.1 Å². The van der Waals surface area contributed by atoms with Gasteiger partial charge >= 0.3 is 0 Å². The Balaban J connectivity index is 1.92. The van der Waals surface area contributed by atoms with Crippen LogP contribution in [0.3, 0.4) is 0 Å². The van der Waals surface area contributed by atoms with Crippen LogP contribution in [0.4, 0.5) is 0 Å². The van der Waals surface area contributed by atoms with Crippen LogP contribution in [0.1, 0.15) is 41.3 Å². The fraction of sp³-hybridized carbons (Fsp3) is 0.300. The van der Waals surface area contributed by atoms with E-state index in [1.807, 2.05) is 24.5 Å². The van der Waals surface area contributed by atoms with Crippen molar-refractivity contribution >= 4 is 16.9 Å². The van der Waals surface area contributed by atoms with Crippen molar-refractivity contribution in [2.24, 2.45) is 0 Å². The molecule has 1 heterocycles. The number of benzene rings is 2. The largest absolute Gasteiger partial charge is 0.352 e. The fourth-order valence-corrected chi connectivity index (χ4v) is 2.90. The number of rotatable bonds is 5. The Morgan fingerprint density at radius 3 is 2.75 bits per heavy atom. The first-order chi connectivity index (χ1) is 11.6. The SMILES string of the molecule is CCCCNC(=O)c1ccc2c(c1)ncn2-c1ccc(C)cc1C. The third-order valence-electron chi connectivity index (χ3n) is 4.24. The quantitative estimate of drug-likeness (QED) is 0.717. The molecular weight excluding hydrogens is 298 g/mol. The molecule has 124 valence electrons. The molecule has 24 heavy (non-hydrogen) atoms. The maximum absolute atomic E-state index is 12.2. The van der Waals surface area contributed by atoms with Crippen molar-refractivity contribution in [3.05, 3.63) is 59.4 Å². The van der Waals surface area contributed by atoms with E-state index in [1.165, 1.54) is 11.1 Å². The summed E-state index contributed by atoms with van der Waals surface area (Å²) in [5.41, 5.74) is 6.06. The smallest absolute Gasteiger partial charge is 0.251 e. The molecule has 0 saturated heterocycles. The van der Waals surface area contributed by atoms with Crippen LogP contribution in [-0.4, -0.2) is 22.0 Å². The van der Waals surface area contributed by atoms with Gasteiger partial charge in [-0.15, -0.1) is 0 Å². The number of carbonyl (C=O) groups excluding carboxylic acids is 1. The van der Waals surface area contributed by atoms with Gasteiger partial charge in [-0.25, -0.2) is 4.98 Å². The van der Waals surface area contributed by atoms with Gasteiger partial charge in [0.2, 0.25) is 0 Å². The Hall–Kier alpha value is -2.62. The van der Waals surface area contributed by atoms with Crippen LogP contribution in [0.15, 0.2) is 42.7 Å². The number of unbranched alkanes of at least 4 members (excludes halogenated alkanes) is 1. The Labute approximate surface area is 142 Å². The van der Waals surface area contributed by atoms with E-state index in [9.17, 15) is 4.79 Å². The Bertz CT molecular complexity index is 880. The Morgan fingerprint density at radius 1 is 1.17 bits per heavy atom. The molecule has 3 rings (SSSR count). The zero-order chi connectivity index (χ0) is 17.1. The van der Waals surface area contributed by atoms with Crippen LogP contribution < -0.4 is 5.32 Å². The Kier molecular flexibility index (Phi) is 4.65. The zero-order valence-electron chi connectivity index (χ0n) is 14.5. The standard InChI is InChI=1S/C20H23N3O/c1-4-5-10-21-20(24)16-7-9-19-17(12-16)22-13-23(19)18-8-6-14(2)11-15(18)3/h6-9,11-13H,4-5,10H2,1-3H3,(H,21,24). The third-order valence-corrected chi connectivity index (χ3v) is 4.24. The normalized spacial score (nSPS) is 11.0. The highest BCUT2D eigenvalue weighted by atomic mass is 16.1. The molecule has 1 aromatic heterocycles. The molecule has 0 aliphatic carbocycles. The number of nitrogens with one attached hydrogen (secondary N) is 1. The highest BCUT2D eigenvalue weighted by Crippen LogP contribution is 2.22. The van der Waals surface area contributed by atoms with Crippen LogP contribution >= 0.6 is 0 Å². The van der Waals surface area contributed by atoms with E-state index >= 15 is 0 Å². The van der Waals surface area contributed by atoms with E-state index < -0.39 is 0 Å². The lowest BCUT2D eigenvalue weighted by Gasteiger charge is -2.09. The highest BCUT2D eigenvalue weighted by molar-refractivity contribution is 5.97. The number of hydrogen-bond donors (Lipinski definition) is 1. The molecule has 3 aromatic rings. The average Bonchev–Trinajstić information content (AvgIpc) is 2.98. The van der Waals surface area contributed by atoms with Crippen molar-refractivity contribution in [1.82, 2.24) is 14.9 Å². The van der Waals surface area contributed by atoms with Crippen LogP contribution in [0.2, 0.25) is 0 Å². The molecule has 0 unspecified atom stereocenters. The summed E-state index contributed by atoms with van der Waals surface area (Å²) in [5, 5.41) is 2.94. The minimum Gasteiger partial charge on any atom is -0.352 e. The number of fused-ring (bicyclic) bond motifs is 1. The first kappa shape index (κ1) is 16.2. The summed E-state index contributed by atoms with van der Waals surface area (Å²) >= 11 is 0. The van der Waals surface area contributed by atoms with E-state index in [1.54, 1.807) is 0 Å². The molecule has 0 bridgehead atoms. The first-order valence-electron chi connectivity index (χ1n) is 8.43. The molecule has 2 aromatic carbocycles. The molecule has 4 nitrogen and oxygen atoms in total. The van der Waals surface area contributed by atoms with Crippen molar-refractivity contribution in [2.45, 2.75) is 33.6 Å². The summed E-state index contributed by atoms with van der Waals surface area (Å²) in [4.78, 5) is 16.7. The van der Waals surface area contributed by atoms with Gasteiger partial charge in [-0.3, -0.25) is 9.36 Å². The zero-order valence-corrected chi connectivity index (χ0v) is 14.5. The summed E-state index contributed by atoms with van der Waals surface area (Å²) in [6.45, 7) is 7.01. The number of carbonyl (C=O) groups is 1. The molecule has 1 N–H and O–H groups in total. The van der Waals surface area contributed by atoms with Crippen LogP contribution in [0.5, 0.6) is 0 Å².